The average Bonchev–Trinajstić information content (AvgIpc) is 2.28. The molecule has 0 saturated carbocycles. The second-order valence-corrected chi connectivity index (χ2v) is 4.40. The quantitative estimate of drug-likeness (QED) is 0.769. The molecule has 0 aliphatic carbocycles. The molecule has 1 amide bonds. The van der Waals surface area contributed by atoms with E-state index in [1.165, 1.54) is 0 Å². The number of anilines is 1. The first-order valence-electron chi connectivity index (χ1n) is 5.76. The van der Waals surface area contributed by atoms with Gasteiger partial charge in [0.05, 0.1) is 12.8 Å². The maximum atomic E-state index is 11.8. The van der Waals surface area contributed by atoms with Gasteiger partial charge in [0, 0.05) is 12.1 Å². The van der Waals surface area contributed by atoms with Crippen molar-refractivity contribution in [2.24, 2.45) is 5.92 Å². The molecule has 0 spiro atoms. The van der Waals surface area contributed by atoms with Crippen molar-refractivity contribution < 1.29 is 9.53 Å². The van der Waals surface area contributed by atoms with Crippen molar-refractivity contribution >= 4 is 11.6 Å². The van der Waals surface area contributed by atoms with Crippen molar-refractivity contribution in [3.8, 4) is 5.75 Å². The van der Waals surface area contributed by atoms with Crippen LogP contribution in [0.4, 0.5) is 5.69 Å². The van der Waals surface area contributed by atoms with E-state index in [9.17, 15) is 4.79 Å². The van der Waals surface area contributed by atoms with Crippen molar-refractivity contribution in [3.63, 3.8) is 0 Å². The van der Waals surface area contributed by atoms with E-state index < -0.39 is 0 Å². The van der Waals surface area contributed by atoms with E-state index in [-0.39, 0.29) is 5.91 Å². The van der Waals surface area contributed by atoms with Gasteiger partial charge in [-0.15, -0.1) is 0 Å². The fourth-order valence-electron chi connectivity index (χ4n) is 1.45. The molecule has 94 valence electrons. The standard InChI is InChI=1S/C13H20N2O2/c1-9(2)6-7-15-13(16)10-4-5-12(17-3)11(14)8-10/h4-5,8-9H,6-7,14H2,1-3H3,(H,15,16). The molecule has 0 radical (unpaired) electrons. The first-order valence-corrected chi connectivity index (χ1v) is 5.76. The van der Waals surface area contributed by atoms with Crippen LogP contribution in [0.3, 0.4) is 0 Å². The highest BCUT2D eigenvalue weighted by Crippen LogP contribution is 2.21. The third-order valence-electron chi connectivity index (χ3n) is 2.50. The molecule has 1 aromatic carbocycles. The van der Waals surface area contributed by atoms with Gasteiger partial charge in [0.25, 0.3) is 5.91 Å². The fourth-order valence-corrected chi connectivity index (χ4v) is 1.45. The summed E-state index contributed by atoms with van der Waals surface area (Å²) in [6, 6.07) is 5.04. The fraction of sp³-hybridized carbons (Fsp3) is 0.462. The van der Waals surface area contributed by atoms with Crippen LogP contribution < -0.4 is 15.8 Å². The number of carbonyl (C=O) groups is 1. The number of hydrogen-bond acceptors (Lipinski definition) is 3. The van der Waals surface area contributed by atoms with Crippen LogP contribution in [-0.2, 0) is 0 Å². The molecule has 0 bridgehead atoms. The van der Waals surface area contributed by atoms with Crippen molar-refractivity contribution in [2.45, 2.75) is 20.3 Å². The lowest BCUT2D eigenvalue weighted by molar-refractivity contribution is 0.0952. The van der Waals surface area contributed by atoms with Gasteiger partial charge in [-0.25, -0.2) is 0 Å². The number of ether oxygens (including phenoxy) is 1. The van der Waals surface area contributed by atoms with E-state index in [0.717, 1.165) is 6.42 Å². The van der Waals surface area contributed by atoms with E-state index in [0.29, 0.717) is 29.5 Å². The van der Waals surface area contributed by atoms with Gasteiger partial charge in [0.15, 0.2) is 0 Å². The second kappa shape index (κ2) is 6.13. The lowest BCUT2D eigenvalue weighted by Crippen LogP contribution is -2.25. The molecule has 4 nitrogen and oxygen atoms in total. The number of nitrogens with one attached hydrogen (secondary N) is 1. The molecule has 0 aromatic heterocycles. The molecule has 0 saturated heterocycles. The molecule has 1 rings (SSSR count). The SMILES string of the molecule is COc1ccc(C(=O)NCCC(C)C)cc1N. The number of nitrogen functional groups attached to an aromatic ring is 1. The van der Waals surface area contributed by atoms with E-state index in [1.54, 1.807) is 25.3 Å². The Bertz CT molecular complexity index is 389. The van der Waals surface area contributed by atoms with Crippen LogP contribution in [0.15, 0.2) is 18.2 Å². The normalized spacial score (nSPS) is 10.4. The van der Waals surface area contributed by atoms with Crippen LogP contribution in [0.25, 0.3) is 0 Å². The van der Waals surface area contributed by atoms with Gasteiger partial charge < -0.3 is 15.8 Å². The minimum atomic E-state index is -0.0972. The number of amides is 1. The number of hydrogen-bond donors (Lipinski definition) is 2. The summed E-state index contributed by atoms with van der Waals surface area (Å²) in [5.41, 5.74) is 6.78. The molecule has 0 atom stereocenters. The third kappa shape index (κ3) is 3.98. The number of nitrogens with two attached hydrogens (primary N) is 1. The van der Waals surface area contributed by atoms with Gasteiger partial charge in [-0.3, -0.25) is 4.79 Å². The minimum Gasteiger partial charge on any atom is -0.495 e. The summed E-state index contributed by atoms with van der Waals surface area (Å²) in [5.74, 6) is 1.07. The molecule has 1 aromatic rings. The van der Waals surface area contributed by atoms with Gasteiger partial charge in [-0.2, -0.15) is 0 Å². The molecule has 0 aliphatic heterocycles. The highest BCUT2D eigenvalue weighted by atomic mass is 16.5. The first-order chi connectivity index (χ1) is 8.04. The monoisotopic (exact) mass is 236 g/mol. The average molecular weight is 236 g/mol. The van der Waals surface area contributed by atoms with Crippen LogP contribution in [0.5, 0.6) is 5.75 Å². The summed E-state index contributed by atoms with van der Waals surface area (Å²) in [6.45, 7) is 4.93. The summed E-state index contributed by atoms with van der Waals surface area (Å²) in [4.78, 5) is 11.8. The molecule has 0 aliphatic rings. The van der Waals surface area contributed by atoms with Crippen molar-refractivity contribution in [2.75, 3.05) is 19.4 Å². The number of benzene rings is 1. The van der Waals surface area contributed by atoms with Crippen molar-refractivity contribution in [3.05, 3.63) is 23.8 Å². The van der Waals surface area contributed by atoms with Gasteiger partial charge >= 0.3 is 0 Å². The summed E-state index contributed by atoms with van der Waals surface area (Å²) < 4.78 is 5.04. The number of rotatable bonds is 5. The molecular weight excluding hydrogens is 216 g/mol. The van der Waals surface area contributed by atoms with Crippen molar-refractivity contribution in [1.29, 1.82) is 0 Å². The Kier molecular flexibility index (Phi) is 4.82. The van der Waals surface area contributed by atoms with Gasteiger partial charge in [0.2, 0.25) is 0 Å². The Morgan fingerprint density at radius 1 is 1.47 bits per heavy atom. The predicted octanol–water partition coefficient (Wildman–Crippen LogP) is 2.05. The Hall–Kier alpha value is -1.71. The minimum absolute atomic E-state index is 0.0972. The maximum Gasteiger partial charge on any atom is 0.251 e. The topological polar surface area (TPSA) is 64.3 Å². The van der Waals surface area contributed by atoms with E-state index in [2.05, 4.69) is 19.2 Å². The molecule has 17 heavy (non-hydrogen) atoms. The molecule has 3 N–H and O–H groups in total. The van der Waals surface area contributed by atoms with Crippen LogP contribution >= 0.6 is 0 Å². The summed E-state index contributed by atoms with van der Waals surface area (Å²) in [5, 5.41) is 2.86. The van der Waals surface area contributed by atoms with E-state index in [4.69, 9.17) is 10.5 Å². The zero-order valence-corrected chi connectivity index (χ0v) is 10.6. The van der Waals surface area contributed by atoms with Crippen LogP contribution in [0, 0.1) is 5.92 Å². The smallest absolute Gasteiger partial charge is 0.251 e. The van der Waals surface area contributed by atoms with Crippen molar-refractivity contribution in [1.82, 2.24) is 5.32 Å². The Labute approximate surface area is 102 Å². The molecule has 0 unspecified atom stereocenters. The highest BCUT2D eigenvalue weighted by Gasteiger charge is 2.08. The molecular formula is C13H20N2O2. The molecule has 4 heteroatoms. The Balaban J connectivity index is 2.60. The summed E-state index contributed by atoms with van der Waals surface area (Å²) in [6.07, 6.45) is 0.970. The zero-order valence-electron chi connectivity index (χ0n) is 10.6. The third-order valence-corrected chi connectivity index (χ3v) is 2.50. The van der Waals surface area contributed by atoms with Crippen LogP contribution in [-0.4, -0.2) is 19.6 Å². The second-order valence-electron chi connectivity index (χ2n) is 4.40. The van der Waals surface area contributed by atoms with E-state index in [1.807, 2.05) is 0 Å². The van der Waals surface area contributed by atoms with Crippen LogP contribution in [0.2, 0.25) is 0 Å². The Morgan fingerprint density at radius 2 is 2.18 bits per heavy atom. The maximum absolute atomic E-state index is 11.8. The lowest BCUT2D eigenvalue weighted by atomic mass is 10.1. The predicted molar refractivity (Wildman–Crippen MR) is 69.2 cm³/mol. The number of carbonyl (C=O) groups excluding carboxylic acids is 1. The molecule has 0 fully saturated rings. The number of methoxy groups -OCH3 is 1. The first kappa shape index (κ1) is 13.4. The lowest BCUT2D eigenvalue weighted by Gasteiger charge is -2.09. The largest absolute Gasteiger partial charge is 0.495 e. The highest BCUT2D eigenvalue weighted by molar-refractivity contribution is 5.95. The van der Waals surface area contributed by atoms with Gasteiger partial charge in [-0.1, -0.05) is 13.8 Å². The van der Waals surface area contributed by atoms with Gasteiger partial charge in [-0.05, 0) is 30.5 Å². The molecule has 0 heterocycles. The Morgan fingerprint density at radius 3 is 2.71 bits per heavy atom. The van der Waals surface area contributed by atoms with Crippen LogP contribution in [0.1, 0.15) is 30.6 Å². The summed E-state index contributed by atoms with van der Waals surface area (Å²) >= 11 is 0. The zero-order chi connectivity index (χ0) is 12.8. The van der Waals surface area contributed by atoms with Gasteiger partial charge in [0.1, 0.15) is 5.75 Å². The van der Waals surface area contributed by atoms with E-state index >= 15 is 0 Å². The summed E-state index contributed by atoms with van der Waals surface area (Å²) in [7, 11) is 1.55.